The minimum Gasteiger partial charge on any atom is -0.496 e. The van der Waals surface area contributed by atoms with E-state index in [0.29, 0.717) is 10.9 Å². The van der Waals surface area contributed by atoms with Crippen molar-refractivity contribution in [2.75, 3.05) is 37.2 Å². The first kappa shape index (κ1) is 35.0. The van der Waals surface area contributed by atoms with Gasteiger partial charge in [0.05, 0.1) is 47.3 Å². The number of carbonyl (C=O) groups excluding carboxylic acids is 2. The Morgan fingerprint density at radius 3 is 1.69 bits per heavy atom. The van der Waals surface area contributed by atoms with Crippen LogP contribution in [0.4, 0.5) is 20.4 Å². The molecule has 0 fully saturated rings. The molecular weight excluding hydrogens is 626 g/mol. The molecule has 1 unspecified atom stereocenters. The monoisotopic (exact) mass is 658 g/mol. The van der Waals surface area contributed by atoms with Gasteiger partial charge in [0.15, 0.2) is 5.16 Å². The van der Waals surface area contributed by atoms with Crippen molar-refractivity contribution in [2.24, 2.45) is 0 Å². The molecule has 11 nitrogen and oxygen atoms in total. The molecule has 2 aromatic heterocycles. The largest absolute Gasteiger partial charge is 0.496 e. The summed E-state index contributed by atoms with van der Waals surface area (Å²) >= 11 is 1.42. The van der Waals surface area contributed by atoms with Gasteiger partial charge in [-0.05, 0) is 55.0 Å². The van der Waals surface area contributed by atoms with Gasteiger partial charge in [0.1, 0.15) is 34.8 Å². The summed E-state index contributed by atoms with van der Waals surface area (Å²) in [6, 6.07) is 5.26. The summed E-state index contributed by atoms with van der Waals surface area (Å²) in [7, 11) is 1.43. The zero-order valence-electron chi connectivity index (χ0n) is 25.4. The summed E-state index contributed by atoms with van der Waals surface area (Å²) in [5.41, 5.74) is 12.3. The number of carbonyl (C=O) groups is 2. The van der Waals surface area contributed by atoms with Crippen molar-refractivity contribution in [1.82, 2.24) is 19.9 Å². The third kappa shape index (κ3) is 7.78. The Morgan fingerprint density at radius 1 is 0.822 bits per heavy atom. The molecule has 0 aliphatic rings. The zero-order chi connectivity index (χ0) is 33.4. The van der Waals surface area contributed by atoms with Crippen molar-refractivity contribution in [3.8, 4) is 11.5 Å². The van der Waals surface area contributed by atoms with Gasteiger partial charge >= 0.3 is 0 Å². The predicted octanol–water partition coefficient (Wildman–Crippen LogP) is 4.73. The van der Waals surface area contributed by atoms with E-state index in [-0.39, 0.29) is 61.7 Å². The number of hydrogen-bond acceptors (Lipinski definition) is 12. The number of benzene rings is 2. The fourth-order valence-corrected chi connectivity index (χ4v) is 5.22. The van der Waals surface area contributed by atoms with Crippen LogP contribution in [-0.2, 0) is 10.8 Å². The summed E-state index contributed by atoms with van der Waals surface area (Å²) in [5.74, 6) is -0.407. The maximum absolute atomic E-state index is 13.8. The van der Waals surface area contributed by atoms with E-state index in [1.54, 1.807) is 6.92 Å². The minimum atomic E-state index is -1.38. The van der Waals surface area contributed by atoms with Crippen LogP contribution >= 0.6 is 11.8 Å². The highest BCUT2D eigenvalue weighted by Crippen LogP contribution is 2.30. The molecule has 4 N–H and O–H groups in total. The van der Waals surface area contributed by atoms with E-state index in [9.17, 15) is 22.6 Å². The van der Waals surface area contributed by atoms with E-state index < -0.39 is 34.0 Å². The molecule has 0 spiro atoms. The lowest BCUT2D eigenvalue weighted by Gasteiger charge is -2.12. The van der Waals surface area contributed by atoms with E-state index in [4.69, 9.17) is 20.9 Å². The first-order valence-electron chi connectivity index (χ1n) is 13.4. The summed E-state index contributed by atoms with van der Waals surface area (Å²) in [6.45, 7) is 6.67. The number of rotatable bonds is 10. The molecule has 238 valence electrons. The van der Waals surface area contributed by atoms with E-state index in [2.05, 4.69) is 19.9 Å². The van der Waals surface area contributed by atoms with E-state index in [1.165, 1.54) is 76.5 Å². The molecule has 0 bridgehead atoms. The molecule has 0 saturated carbocycles. The van der Waals surface area contributed by atoms with Gasteiger partial charge < -0.3 is 20.9 Å². The smallest absolute Gasteiger partial charge is 0.220 e. The summed E-state index contributed by atoms with van der Waals surface area (Å²) in [5, 5.41) is 0.559. The average molecular weight is 659 g/mol. The van der Waals surface area contributed by atoms with Crippen LogP contribution in [0.25, 0.3) is 0 Å². The van der Waals surface area contributed by atoms with E-state index in [0.717, 1.165) is 5.75 Å². The normalized spacial score (nSPS) is 11.3. The number of nitrogens with zero attached hydrogens (tertiary/aromatic N) is 4. The van der Waals surface area contributed by atoms with Crippen LogP contribution in [0, 0.1) is 25.5 Å². The van der Waals surface area contributed by atoms with Crippen LogP contribution in [0.1, 0.15) is 56.8 Å². The number of methoxy groups -OCH3 is 2. The van der Waals surface area contributed by atoms with Crippen molar-refractivity contribution >= 4 is 45.8 Å². The minimum absolute atomic E-state index is 0.00820. The number of aromatic nitrogens is 4. The molecule has 0 amide bonds. The molecule has 15 heteroatoms. The molecule has 0 saturated heterocycles. The fourth-order valence-electron chi connectivity index (χ4n) is 4.04. The summed E-state index contributed by atoms with van der Waals surface area (Å²) in [6.07, 6.45) is 2.57. The Labute approximate surface area is 265 Å². The zero-order valence-corrected chi connectivity index (χ0v) is 27.1. The third-order valence-electron chi connectivity index (χ3n) is 6.44. The Kier molecular flexibility index (Phi) is 12.0. The molecule has 2 aromatic carbocycles. The number of thioether (sulfide) groups is 1. The highest BCUT2D eigenvalue weighted by atomic mass is 32.2. The van der Waals surface area contributed by atoms with Gasteiger partial charge in [0.2, 0.25) is 16.7 Å². The second kappa shape index (κ2) is 15.5. The van der Waals surface area contributed by atoms with Crippen molar-refractivity contribution < 1.29 is 32.1 Å². The number of ketones is 2. The topological polar surface area (TPSA) is 173 Å². The van der Waals surface area contributed by atoms with Crippen molar-refractivity contribution in [3.63, 3.8) is 0 Å². The Morgan fingerprint density at radius 2 is 1.29 bits per heavy atom. The van der Waals surface area contributed by atoms with Gasteiger partial charge in [-0.25, -0.2) is 28.7 Å². The number of nitrogens with two attached hydrogens (primary N) is 2. The highest BCUT2D eigenvalue weighted by Gasteiger charge is 2.24. The van der Waals surface area contributed by atoms with Gasteiger partial charge in [0.25, 0.3) is 0 Å². The van der Waals surface area contributed by atoms with Crippen LogP contribution in [0.5, 0.6) is 11.5 Å². The Hall–Kier alpha value is -4.50. The molecule has 0 aliphatic heterocycles. The second-order valence-corrected chi connectivity index (χ2v) is 12.0. The standard InChI is InChI=1S/C15H16FN3O3S.C15H16FN3O2S/c1-4-23(21)15-18-7-9(14(17)19-15)13(20)12-8(2)10(16)5-6-11(12)22-3;1-4-22-15-18-7-9(14(17)19-15)13(20)12-8(2)10(16)5-6-11(12)21-3/h5-7H,4H2,1-3H3,(H2,17,18,19);5-7H,4H2,1-3H3,(H2,17,18,19). The van der Waals surface area contributed by atoms with Crippen LogP contribution in [-0.4, -0.2) is 61.4 Å². The number of nitrogen functional groups attached to an aromatic ring is 2. The molecular formula is C30H32F2N6O5S2. The molecule has 4 aromatic rings. The van der Waals surface area contributed by atoms with E-state index in [1.807, 2.05) is 6.92 Å². The number of anilines is 2. The van der Waals surface area contributed by atoms with Gasteiger partial charge in [-0.15, -0.1) is 0 Å². The van der Waals surface area contributed by atoms with Crippen LogP contribution in [0.2, 0.25) is 0 Å². The lowest BCUT2D eigenvalue weighted by atomic mass is 9.99. The lowest BCUT2D eigenvalue weighted by Crippen LogP contribution is -2.13. The first-order valence-corrected chi connectivity index (χ1v) is 15.7. The van der Waals surface area contributed by atoms with Gasteiger partial charge in [0, 0.05) is 18.1 Å². The molecule has 45 heavy (non-hydrogen) atoms. The van der Waals surface area contributed by atoms with Crippen LogP contribution < -0.4 is 20.9 Å². The third-order valence-corrected chi connectivity index (χ3v) is 8.31. The molecule has 0 radical (unpaired) electrons. The maximum Gasteiger partial charge on any atom is 0.220 e. The summed E-state index contributed by atoms with van der Waals surface area (Å²) in [4.78, 5) is 41.4. The lowest BCUT2D eigenvalue weighted by molar-refractivity contribution is 0.102. The Bertz CT molecular complexity index is 1770. The average Bonchev–Trinajstić information content (AvgIpc) is 3.03. The SMILES string of the molecule is CCS(=O)c1ncc(C(=O)c2c(OC)ccc(F)c2C)c(N)n1.CCSc1ncc(C(=O)c2c(OC)ccc(F)c2C)c(N)n1. The van der Waals surface area contributed by atoms with Crippen molar-refractivity contribution in [2.45, 2.75) is 38.0 Å². The van der Waals surface area contributed by atoms with E-state index >= 15 is 0 Å². The highest BCUT2D eigenvalue weighted by molar-refractivity contribution is 7.99. The predicted molar refractivity (Wildman–Crippen MR) is 168 cm³/mol. The Balaban J connectivity index is 0.000000246. The number of ether oxygens (including phenoxy) is 2. The fraction of sp³-hybridized carbons (Fsp3) is 0.267. The van der Waals surface area contributed by atoms with Crippen LogP contribution in [0.3, 0.4) is 0 Å². The van der Waals surface area contributed by atoms with Gasteiger partial charge in [-0.1, -0.05) is 25.6 Å². The quantitative estimate of drug-likeness (QED) is 0.136. The van der Waals surface area contributed by atoms with Gasteiger partial charge in [-0.2, -0.15) is 0 Å². The number of halogens is 2. The van der Waals surface area contributed by atoms with Crippen molar-refractivity contribution in [1.29, 1.82) is 0 Å². The van der Waals surface area contributed by atoms with Gasteiger partial charge in [-0.3, -0.25) is 13.8 Å². The van der Waals surface area contributed by atoms with Crippen molar-refractivity contribution in [3.05, 3.63) is 81.7 Å². The van der Waals surface area contributed by atoms with Crippen LogP contribution in [0.15, 0.2) is 47.0 Å². The number of hydrogen-bond donors (Lipinski definition) is 2. The molecule has 2 heterocycles. The first-order chi connectivity index (χ1) is 21.4. The second-order valence-electron chi connectivity index (χ2n) is 9.13. The molecule has 0 aliphatic carbocycles. The summed E-state index contributed by atoms with van der Waals surface area (Å²) < 4.78 is 49.5. The maximum atomic E-state index is 13.8. The molecule has 4 rings (SSSR count). The molecule has 1 atom stereocenters.